The summed E-state index contributed by atoms with van der Waals surface area (Å²) in [7, 11) is 0. The number of anilines is 1. The Bertz CT molecular complexity index is 638. The molecule has 120 valence electrons. The highest BCUT2D eigenvalue weighted by Gasteiger charge is 2.38. The van der Waals surface area contributed by atoms with Crippen molar-refractivity contribution in [1.82, 2.24) is 15.3 Å². The van der Waals surface area contributed by atoms with Crippen LogP contribution in [0.3, 0.4) is 0 Å². The fraction of sp³-hybridized carbons (Fsp3) is 0.562. The second-order valence-corrected chi connectivity index (χ2v) is 5.85. The van der Waals surface area contributed by atoms with Crippen LogP contribution >= 0.6 is 0 Å². The number of nitrogens with one attached hydrogen (secondary N) is 1. The Hall–Kier alpha value is -2.49. The summed E-state index contributed by atoms with van der Waals surface area (Å²) >= 11 is 0. The molecule has 1 saturated heterocycles. The summed E-state index contributed by atoms with van der Waals surface area (Å²) in [5.74, 6) is 3.15. The molecule has 23 heavy (non-hydrogen) atoms. The lowest BCUT2D eigenvalue weighted by molar-refractivity contribution is 0.0946. The van der Waals surface area contributed by atoms with Crippen molar-refractivity contribution in [3.8, 4) is 12.3 Å². The van der Waals surface area contributed by atoms with Crippen LogP contribution in [0.15, 0.2) is 22.6 Å². The van der Waals surface area contributed by atoms with Gasteiger partial charge in [0.2, 0.25) is 0 Å². The van der Waals surface area contributed by atoms with E-state index in [0.717, 1.165) is 38.2 Å². The summed E-state index contributed by atoms with van der Waals surface area (Å²) in [6.07, 6.45) is 12.8. The van der Waals surface area contributed by atoms with Crippen molar-refractivity contribution in [2.75, 3.05) is 24.5 Å². The first-order chi connectivity index (χ1) is 11.2. The smallest absolute Gasteiger partial charge is 0.271 e. The molecule has 0 radical (unpaired) electrons. The molecule has 0 atom stereocenters. The Kier molecular flexibility index (Phi) is 4.51. The summed E-state index contributed by atoms with van der Waals surface area (Å²) in [4.78, 5) is 22.9. The van der Waals surface area contributed by atoms with E-state index in [-0.39, 0.29) is 11.6 Å². The molecule has 2 aliphatic rings. The third kappa shape index (κ3) is 3.83. The molecule has 1 amide bonds. The van der Waals surface area contributed by atoms with E-state index in [9.17, 15) is 4.79 Å². The molecular formula is C16H20N6O. The summed E-state index contributed by atoms with van der Waals surface area (Å²) in [5, 5.41) is 11.0. The van der Waals surface area contributed by atoms with Gasteiger partial charge >= 0.3 is 0 Å². The first kappa shape index (κ1) is 15.4. The molecule has 1 aromatic rings. The van der Waals surface area contributed by atoms with Gasteiger partial charge in [0, 0.05) is 38.9 Å². The van der Waals surface area contributed by atoms with Crippen LogP contribution in [0.1, 0.15) is 42.6 Å². The van der Waals surface area contributed by atoms with Crippen molar-refractivity contribution in [2.24, 2.45) is 10.2 Å². The number of rotatable bonds is 7. The predicted octanol–water partition coefficient (Wildman–Crippen LogP) is 1.77. The van der Waals surface area contributed by atoms with Gasteiger partial charge in [-0.25, -0.2) is 4.98 Å². The van der Waals surface area contributed by atoms with Crippen LogP contribution in [0.5, 0.6) is 0 Å². The van der Waals surface area contributed by atoms with Crippen molar-refractivity contribution in [3.05, 3.63) is 18.1 Å². The van der Waals surface area contributed by atoms with Gasteiger partial charge in [-0.05, 0) is 12.8 Å². The summed E-state index contributed by atoms with van der Waals surface area (Å²) in [6.45, 7) is 2.44. The number of aromatic nitrogens is 2. The van der Waals surface area contributed by atoms with Crippen LogP contribution in [0.25, 0.3) is 0 Å². The lowest BCUT2D eigenvalue weighted by atomic mass is 10.0. The van der Waals surface area contributed by atoms with Crippen molar-refractivity contribution in [3.63, 3.8) is 0 Å². The average Bonchev–Trinajstić information content (AvgIpc) is 3.12. The molecule has 0 saturated carbocycles. The molecule has 7 nitrogen and oxygen atoms in total. The van der Waals surface area contributed by atoms with E-state index < -0.39 is 0 Å². The third-order valence-electron chi connectivity index (χ3n) is 4.15. The van der Waals surface area contributed by atoms with E-state index in [4.69, 9.17) is 6.42 Å². The van der Waals surface area contributed by atoms with Crippen LogP contribution in [-0.4, -0.2) is 41.2 Å². The fourth-order valence-corrected chi connectivity index (χ4v) is 2.70. The average molecular weight is 312 g/mol. The zero-order chi connectivity index (χ0) is 16.1. The van der Waals surface area contributed by atoms with Crippen LogP contribution in [-0.2, 0) is 0 Å². The predicted molar refractivity (Wildman–Crippen MR) is 86.1 cm³/mol. The number of amides is 1. The molecule has 3 rings (SSSR count). The van der Waals surface area contributed by atoms with E-state index in [0.29, 0.717) is 25.1 Å². The Balaban J connectivity index is 1.50. The molecule has 7 heteroatoms. The molecule has 1 aromatic heterocycles. The maximum absolute atomic E-state index is 12.2. The minimum atomic E-state index is -0.372. The van der Waals surface area contributed by atoms with Gasteiger partial charge in [0.15, 0.2) is 5.66 Å². The Morgan fingerprint density at radius 3 is 2.78 bits per heavy atom. The normalized spacial score (nSPS) is 17.8. The van der Waals surface area contributed by atoms with Crippen molar-refractivity contribution in [2.45, 2.75) is 37.8 Å². The molecular weight excluding hydrogens is 292 g/mol. The van der Waals surface area contributed by atoms with Gasteiger partial charge in [-0.3, -0.25) is 9.78 Å². The van der Waals surface area contributed by atoms with E-state index in [2.05, 4.69) is 36.3 Å². The maximum atomic E-state index is 12.2. The van der Waals surface area contributed by atoms with Gasteiger partial charge in [0.05, 0.1) is 12.4 Å². The van der Waals surface area contributed by atoms with Crippen LogP contribution in [0.2, 0.25) is 0 Å². The molecule has 0 unspecified atom stereocenters. The minimum Gasteiger partial charge on any atom is -0.355 e. The van der Waals surface area contributed by atoms with E-state index in [1.54, 1.807) is 6.20 Å². The number of terminal acetylenes is 1. The number of carbonyl (C=O) groups excluding carboxylic acids is 1. The van der Waals surface area contributed by atoms with Gasteiger partial charge in [-0.2, -0.15) is 10.2 Å². The molecule has 0 aliphatic carbocycles. The highest BCUT2D eigenvalue weighted by atomic mass is 16.1. The van der Waals surface area contributed by atoms with E-state index >= 15 is 0 Å². The lowest BCUT2D eigenvalue weighted by Gasteiger charge is -2.16. The van der Waals surface area contributed by atoms with Crippen LogP contribution < -0.4 is 10.2 Å². The summed E-state index contributed by atoms with van der Waals surface area (Å²) < 4.78 is 0. The van der Waals surface area contributed by atoms with Crippen LogP contribution in [0.4, 0.5) is 5.82 Å². The van der Waals surface area contributed by atoms with E-state index in [1.165, 1.54) is 6.20 Å². The highest BCUT2D eigenvalue weighted by Crippen LogP contribution is 2.36. The number of hydrogen-bond donors (Lipinski definition) is 1. The second kappa shape index (κ2) is 6.73. The molecule has 1 N–H and O–H groups in total. The number of carbonyl (C=O) groups is 1. The fourth-order valence-electron chi connectivity index (χ4n) is 2.70. The van der Waals surface area contributed by atoms with Gasteiger partial charge < -0.3 is 10.2 Å². The first-order valence-corrected chi connectivity index (χ1v) is 7.95. The van der Waals surface area contributed by atoms with Crippen LogP contribution in [0, 0.1) is 12.3 Å². The third-order valence-corrected chi connectivity index (χ3v) is 4.15. The zero-order valence-electron chi connectivity index (χ0n) is 13.0. The summed E-state index contributed by atoms with van der Waals surface area (Å²) in [6, 6.07) is 0. The lowest BCUT2D eigenvalue weighted by Crippen LogP contribution is -2.29. The largest absolute Gasteiger partial charge is 0.355 e. The molecule has 2 aliphatic heterocycles. The maximum Gasteiger partial charge on any atom is 0.271 e. The van der Waals surface area contributed by atoms with Crippen molar-refractivity contribution < 1.29 is 4.79 Å². The second-order valence-electron chi connectivity index (χ2n) is 5.85. The molecule has 0 aromatic carbocycles. The standard InChI is InChI=1S/C16H20N6O/c1-2-3-6-16(20-21-16)7-8-18-15(23)13-11-17-12-14(19-13)22-9-4-5-10-22/h1,11-12H,3-10H2,(H,18,23). The Morgan fingerprint density at radius 2 is 2.09 bits per heavy atom. The summed E-state index contributed by atoms with van der Waals surface area (Å²) in [5.41, 5.74) is -0.0281. The number of hydrogen-bond acceptors (Lipinski definition) is 6. The van der Waals surface area contributed by atoms with Gasteiger partial charge in [-0.15, -0.1) is 12.3 Å². The number of nitrogens with zero attached hydrogens (tertiary/aromatic N) is 5. The molecule has 1 fully saturated rings. The van der Waals surface area contributed by atoms with Crippen molar-refractivity contribution in [1.29, 1.82) is 0 Å². The Morgan fingerprint density at radius 1 is 1.30 bits per heavy atom. The van der Waals surface area contributed by atoms with Gasteiger partial charge in [-0.1, -0.05) is 0 Å². The topological polar surface area (TPSA) is 82.8 Å². The SMILES string of the molecule is C#CCCC1(CCNC(=O)c2cncc(N3CCCC3)n2)N=N1. The highest BCUT2D eigenvalue weighted by molar-refractivity contribution is 5.92. The molecule has 0 spiro atoms. The van der Waals surface area contributed by atoms with Gasteiger partial charge in [0.25, 0.3) is 5.91 Å². The van der Waals surface area contributed by atoms with E-state index in [1.807, 2.05) is 0 Å². The van der Waals surface area contributed by atoms with Crippen molar-refractivity contribution >= 4 is 11.7 Å². The molecule has 0 bridgehead atoms. The first-order valence-electron chi connectivity index (χ1n) is 7.95. The Labute approximate surface area is 135 Å². The minimum absolute atomic E-state index is 0.216. The zero-order valence-corrected chi connectivity index (χ0v) is 13.0. The monoisotopic (exact) mass is 312 g/mol. The quantitative estimate of drug-likeness (QED) is 0.778. The van der Waals surface area contributed by atoms with Gasteiger partial charge in [0.1, 0.15) is 11.5 Å². The molecule has 3 heterocycles.